The van der Waals surface area contributed by atoms with Crippen LogP contribution in [0.25, 0.3) is 10.9 Å². The summed E-state index contributed by atoms with van der Waals surface area (Å²) < 4.78 is 1.75. The smallest absolute Gasteiger partial charge is 0.286 e. The summed E-state index contributed by atoms with van der Waals surface area (Å²) in [4.78, 5) is 24.2. The number of nitrogens with zero attached hydrogens (tertiary/aromatic N) is 1. The van der Waals surface area contributed by atoms with Crippen molar-refractivity contribution < 1.29 is 9.59 Å². The minimum Gasteiger partial charge on any atom is -0.340 e. The van der Waals surface area contributed by atoms with Gasteiger partial charge in [-0.05, 0) is 36.4 Å². The average molecular weight is 328 g/mol. The molecular formula is C17H14ClN3O2. The van der Waals surface area contributed by atoms with Gasteiger partial charge in [0.1, 0.15) is 5.69 Å². The topological polar surface area (TPSA) is 63.1 Å². The number of aromatic nitrogens is 1. The highest BCUT2D eigenvalue weighted by Gasteiger charge is 2.14. The largest absolute Gasteiger partial charge is 0.340 e. The minimum absolute atomic E-state index is 0.374. The standard InChI is InChI=1S/C17H14ClN3O2/c1-21-14-8-7-13(18)9-12(14)10-15(21)17(23)20-19-16(22)11-5-3-2-4-6-11/h2-10H,1H3,(H,19,22)(H,20,23). The van der Waals surface area contributed by atoms with Gasteiger partial charge in [-0.3, -0.25) is 20.4 Å². The summed E-state index contributed by atoms with van der Waals surface area (Å²) >= 11 is 5.96. The lowest BCUT2D eigenvalue weighted by molar-refractivity contribution is 0.0842. The monoisotopic (exact) mass is 327 g/mol. The fourth-order valence-corrected chi connectivity index (χ4v) is 2.56. The predicted octanol–water partition coefficient (Wildman–Crippen LogP) is 2.91. The first kappa shape index (κ1) is 15.1. The van der Waals surface area contributed by atoms with Crippen LogP contribution in [-0.2, 0) is 7.05 Å². The maximum Gasteiger partial charge on any atom is 0.286 e. The second-order valence-corrected chi connectivity index (χ2v) is 5.50. The van der Waals surface area contributed by atoms with Crippen LogP contribution in [-0.4, -0.2) is 16.4 Å². The van der Waals surface area contributed by atoms with Gasteiger partial charge < -0.3 is 4.57 Å². The molecule has 3 rings (SSSR count). The van der Waals surface area contributed by atoms with Gasteiger partial charge in [0.2, 0.25) is 0 Å². The lowest BCUT2D eigenvalue weighted by Crippen LogP contribution is -2.42. The Hall–Kier alpha value is -2.79. The molecule has 0 saturated carbocycles. The lowest BCUT2D eigenvalue weighted by atomic mass is 10.2. The molecule has 3 aromatic rings. The third-order valence-electron chi connectivity index (χ3n) is 3.56. The molecule has 2 amide bonds. The number of nitrogens with one attached hydrogen (secondary N) is 2. The van der Waals surface area contributed by atoms with Crippen molar-refractivity contribution in [2.24, 2.45) is 7.05 Å². The van der Waals surface area contributed by atoms with E-state index in [1.165, 1.54) is 0 Å². The molecule has 23 heavy (non-hydrogen) atoms. The second kappa shape index (κ2) is 6.14. The first-order valence-corrected chi connectivity index (χ1v) is 7.35. The van der Waals surface area contributed by atoms with Crippen molar-refractivity contribution >= 4 is 34.3 Å². The van der Waals surface area contributed by atoms with Gasteiger partial charge in [-0.15, -0.1) is 0 Å². The van der Waals surface area contributed by atoms with Gasteiger partial charge in [0.15, 0.2) is 0 Å². The number of rotatable bonds is 2. The molecule has 0 fully saturated rings. The van der Waals surface area contributed by atoms with Crippen LogP contribution in [0.2, 0.25) is 5.02 Å². The number of aryl methyl sites for hydroxylation is 1. The van der Waals surface area contributed by atoms with Crippen LogP contribution < -0.4 is 10.9 Å². The number of fused-ring (bicyclic) bond motifs is 1. The van der Waals surface area contributed by atoms with Gasteiger partial charge in [-0.2, -0.15) is 0 Å². The molecule has 5 nitrogen and oxygen atoms in total. The van der Waals surface area contributed by atoms with Gasteiger partial charge in [0.25, 0.3) is 11.8 Å². The minimum atomic E-state index is -0.399. The van der Waals surface area contributed by atoms with Crippen LogP contribution in [0.15, 0.2) is 54.6 Å². The third-order valence-corrected chi connectivity index (χ3v) is 3.80. The fourth-order valence-electron chi connectivity index (χ4n) is 2.38. The normalized spacial score (nSPS) is 10.5. The van der Waals surface area contributed by atoms with Gasteiger partial charge in [-0.25, -0.2) is 0 Å². The van der Waals surface area contributed by atoms with E-state index in [1.54, 1.807) is 54.1 Å². The third kappa shape index (κ3) is 3.05. The Labute approximate surface area is 137 Å². The second-order valence-electron chi connectivity index (χ2n) is 5.07. The zero-order chi connectivity index (χ0) is 16.4. The van der Waals surface area contributed by atoms with E-state index >= 15 is 0 Å². The summed E-state index contributed by atoms with van der Waals surface area (Å²) in [5.74, 6) is -0.773. The highest BCUT2D eigenvalue weighted by Crippen LogP contribution is 2.22. The van der Waals surface area contributed by atoms with Crippen molar-refractivity contribution in [3.8, 4) is 0 Å². The molecule has 2 N–H and O–H groups in total. The quantitative estimate of drug-likeness (QED) is 0.711. The van der Waals surface area contributed by atoms with Crippen molar-refractivity contribution in [3.05, 3.63) is 70.9 Å². The van der Waals surface area contributed by atoms with Crippen LogP contribution in [0.5, 0.6) is 0 Å². The number of hydrogen-bond donors (Lipinski definition) is 2. The van der Waals surface area contributed by atoms with E-state index in [0.717, 1.165) is 10.9 Å². The van der Waals surface area contributed by atoms with E-state index in [1.807, 2.05) is 12.1 Å². The number of benzene rings is 2. The first-order chi connectivity index (χ1) is 11.1. The molecule has 1 aromatic heterocycles. The molecule has 0 saturated heterocycles. The molecule has 0 aliphatic carbocycles. The first-order valence-electron chi connectivity index (χ1n) is 6.97. The van der Waals surface area contributed by atoms with E-state index in [4.69, 9.17) is 11.6 Å². The summed E-state index contributed by atoms with van der Waals surface area (Å²) in [5.41, 5.74) is 6.60. The molecule has 0 radical (unpaired) electrons. The van der Waals surface area contributed by atoms with E-state index in [2.05, 4.69) is 10.9 Å². The highest BCUT2D eigenvalue weighted by atomic mass is 35.5. The predicted molar refractivity (Wildman–Crippen MR) is 89.3 cm³/mol. The molecule has 0 aliphatic heterocycles. The Morgan fingerprint density at radius 2 is 1.65 bits per heavy atom. The zero-order valence-electron chi connectivity index (χ0n) is 12.3. The van der Waals surface area contributed by atoms with Crippen molar-refractivity contribution in [3.63, 3.8) is 0 Å². The molecule has 116 valence electrons. The Kier molecular flexibility index (Phi) is 4.04. The van der Waals surface area contributed by atoms with Gasteiger partial charge in [0, 0.05) is 28.5 Å². The fraction of sp³-hybridized carbons (Fsp3) is 0.0588. The summed E-state index contributed by atoms with van der Waals surface area (Å²) in [6, 6.07) is 15.8. The zero-order valence-corrected chi connectivity index (χ0v) is 13.1. The van der Waals surface area contributed by atoms with Gasteiger partial charge in [0.05, 0.1) is 0 Å². The lowest BCUT2D eigenvalue weighted by Gasteiger charge is -2.08. The molecule has 0 spiro atoms. The summed E-state index contributed by atoms with van der Waals surface area (Å²) in [6.07, 6.45) is 0. The van der Waals surface area contributed by atoms with Crippen molar-refractivity contribution in [1.29, 1.82) is 0 Å². The van der Waals surface area contributed by atoms with Crippen LogP contribution in [0, 0.1) is 0 Å². The van der Waals surface area contributed by atoms with Crippen molar-refractivity contribution in [2.75, 3.05) is 0 Å². The highest BCUT2D eigenvalue weighted by molar-refractivity contribution is 6.31. The van der Waals surface area contributed by atoms with Crippen LogP contribution in [0.4, 0.5) is 0 Å². The molecular weight excluding hydrogens is 314 g/mol. The maximum atomic E-state index is 12.3. The van der Waals surface area contributed by atoms with Crippen LogP contribution in [0.1, 0.15) is 20.8 Å². The Balaban J connectivity index is 1.76. The van der Waals surface area contributed by atoms with E-state index in [9.17, 15) is 9.59 Å². The summed E-state index contributed by atoms with van der Waals surface area (Å²) in [6.45, 7) is 0. The molecule has 0 atom stereocenters. The number of carbonyl (C=O) groups excluding carboxylic acids is 2. The van der Waals surface area contributed by atoms with E-state index in [0.29, 0.717) is 16.3 Å². The van der Waals surface area contributed by atoms with Crippen molar-refractivity contribution in [1.82, 2.24) is 15.4 Å². The maximum absolute atomic E-state index is 12.3. The number of hydrazine groups is 1. The number of amides is 2. The Morgan fingerprint density at radius 3 is 2.39 bits per heavy atom. The molecule has 2 aromatic carbocycles. The molecule has 0 bridgehead atoms. The van der Waals surface area contributed by atoms with Crippen LogP contribution >= 0.6 is 11.6 Å². The Morgan fingerprint density at radius 1 is 0.957 bits per heavy atom. The van der Waals surface area contributed by atoms with E-state index in [-0.39, 0.29) is 5.91 Å². The number of halogens is 1. The molecule has 6 heteroatoms. The van der Waals surface area contributed by atoms with E-state index < -0.39 is 5.91 Å². The molecule has 0 aliphatic rings. The Bertz CT molecular complexity index is 887. The summed E-state index contributed by atoms with van der Waals surface area (Å²) in [5, 5.41) is 1.46. The van der Waals surface area contributed by atoms with Crippen LogP contribution in [0.3, 0.4) is 0 Å². The number of carbonyl (C=O) groups is 2. The van der Waals surface area contributed by atoms with Gasteiger partial charge >= 0.3 is 0 Å². The SMILES string of the molecule is Cn1c(C(=O)NNC(=O)c2ccccc2)cc2cc(Cl)ccc21. The molecule has 0 unspecified atom stereocenters. The van der Waals surface area contributed by atoms with Crippen molar-refractivity contribution in [2.45, 2.75) is 0 Å². The summed E-state index contributed by atoms with van der Waals surface area (Å²) in [7, 11) is 1.78. The number of hydrogen-bond acceptors (Lipinski definition) is 2. The molecule has 1 heterocycles. The average Bonchev–Trinajstić information content (AvgIpc) is 2.89. The van der Waals surface area contributed by atoms with Gasteiger partial charge in [-0.1, -0.05) is 29.8 Å².